The van der Waals surface area contributed by atoms with Gasteiger partial charge in [-0.1, -0.05) is 15.5 Å². The second-order valence-corrected chi connectivity index (χ2v) is 4.54. The van der Waals surface area contributed by atoms with Crippen molar-refractivity contribution in [3.63, 3.8) is 0 Å². The summed E-state index contributed by atoms with van der Waals surface area (Å²) in [4.78, 5) is 20.5. The highest BCUT2D eigenvalue weighted by atomic mass is 32.4. The monoisotopic (exact) mass is 276 g/mol. The molecule has 17 heavy (non-hydrogen) atoms. The number of hydrogen-bond acceptors (Lipinski definition) is 2. The van der Waals surface area contributed by atoms with Crippen molar-refractivity contribution in [2.24, 2.45) is 0 Å². The standard InChI is InChI=1S/2C5H8O.F4S/c2*6-5-3-1-2-4-5;1-5(2,3)4/h2*1-4H2;. The van der Waals surface area contributed by atoms with E-state index < -0.39 is 11.6 Å². The number of carbonyl (C=O) groups is 2. The van der Waals surface area contributed by atoms with Crippen molar-refractivity contribution in [1.82, 2.24) is 0 Å². The summed E-state index contributed by atoms with van der Waals surface area (Å²) in [6.07, 6.45) is 7.94. The number of Topliss-reactive ketones (excluding diaryl/α,β-unsaturated/α-hetero) is 2. The van der Waals surface area contributed by atoms with Crippen LogP contribution >= 0.6 is 11.6 Å². The Balaban J connectivity index is 0.000000228. The highest BCUT2D eigenvalue weighted by Crippen LogP contribution is 2.54. The maximum atomic E-state index is 10.2. The van der Waals surface area contributed by atoms with E-state index in [2.05, 4.69) is 0 Å². The van der Waals surface area contributed by atoms with Crippen LogP contribution in [0.4, 0.5) is 15.5 Å². The van der Waals surface area contributed by atoms with Crippen molar-refractivity contribution in [2.45, 2.75) is 51.4 Å². The Hall–Kier alpha value is -0.590. The normalized spacial score (nSPS) is 20.2. The van der Waals surface area contributed by atoms with Gasteiger partial charge in [-0.15, -0.1) is 0 Å². The fourth-order valence-corrected chi connectivity index (χ4v) is 1.54. The molecule has 0 aliphatic heterocycles. The first-order valence-electron chi connectivity index (χ1n) is 5.44. The van der Waals surface area contributed by atoms with Gasteiger partial charge in [-0.2, -0.15) is 0 Å². The third-order valence-electron chi connectivity index (χ3n) is 2.32. The Morgan fingerprint density at radius 1 is 0.647 bits per heavy atom. The zero-order valence-electron chi connectivity index (χ0n) is 9.39. The summed E-state index contributed by atoms with van der Waals surface area (Å²) in [5.74, 6) is 0.907. The van der Waals surface area contributed by atoms with Gasteiger partial charge < -0.3 is 0 Å². The Morgan fingerprint density at radius 2 is 0.824 bits per heavy atom. The van der Waals surface area contributed by atoms with Crippen LogP contribution in [0.5, 0.6) is 0 Å². The van der Waals surface area contributed by atoms with Gasteiger partial charge in [0.1, 0.15) is 11.6 Å². The lowest BCUT2D eigenvalue weighted by Gasteiger charge is -1.87. The van der Waals surface area contributed by atoms with Crippen molar-refractivity contribution < 1.29 is 25.1 Å². The van der Waals surface area contributed by atoms with Crippen LogP contribution < -0.4 is 0 Å². The number of halogens is 4. The molecule has 0 radical (unpaired) electrons. The molecule has 0 amide bonds. The van der Waals surface area contributed by atoms with Crippen LogP contribution in [0.15, 0.2) is 0 Å². The van der Waals surface area contributed by atoms with Gasteiger partial charge >= 0.3 is 11.6 Å². The van der Waals surface area contributed by atoms with Crippen molar-refractivity contribution >= 4 is 23.1 Å². The lowest BCUT2D eigenvalue weighted by atomic mass is 10.4. The highest BCUT2D eigenvalue weighted by molar-refractivity contribution is 8.16. The first kappa shape index (κ1) is 16.4. The summed E-state index contributed by atoms with van der Waals surface area (Å²) in [5.41, 5.74) is 0. The highest BCUT2D eigenvalue weighted by Gasteiger charge is 2.16. The van der Waals surface area contributed by atoms with E-state index >= 15 is 0 Å². The SMILES string of the molecule is FS(F)(F)F.O=C1CCCC1.O=C1CCCC1. The summed E-state index contributed by atoms with van der Waals surface area (Å²) in [6.45, 7) is 0. The van der Waals surface area contributed by atoms with Gasteiger partial charge in [0.2, 0.25) is 0 Å². The van der Waals surface area contributed by atoms with Crippen LogP contribution in [-0.2, 0) is 9.59 Å². The van der Waals surface area contributed by atoms with Crippen molar-refractivity contribution in [2.75, 3.05) is 0 Å². The molecule has 0 heterocycles. The summed E-state index contributed by atoms with van der Waals surface area (Å²) in [5, 5.41) is 0. The predicted molar refractivity (Wildman–Crippen MR) is 59.0 cm³/mol. The molecule has 0 aromatic rings. The summed E-state index contributed by atoms with van der Waals surface area (Å²) in [7, 11) is 0. The van der Waals surface area contributed by atoms with Crippen molar-refractivity contribution in [1.29, 1.82) is 0 Å². The lowest BCUT2D eigenvalue weighted by Crippen LogP contribution is -1.81. The number of rotatable bonds is 0. The van der Waals surface area contributed by atoms with Crippen LogP contribution in [0.3, 0.4) is 0 Å². The van der Waals surface area contributed by atoms with Crippen LogP contribution in [0, 0.1) is 0 Å². The molecule has 0 bridgehead atoms. The van der Waals surface area contributed by atoms with Gasteiger partial charge in [0, 0.05) is 25.7 Å². The third-order valence-corrected chi connectivity index (χ3v) is 2.32. The zero-order valence-corrected chi connectivity index (χ0v) is 10.2. The Labute approximate surface area is 100 Å². The minimum absolute atomic E-state index is 0.454. The van der Waals surface area contributed by atoms with E-state index in [0.717, 1.165) is 51.4 Å². The summed E-state index contributed by atoms with van der Waals surface area (Å²) < 4.78 is 39.1. The van der Waals surface area contributed by atoms with Gasteiger partial charge in [0.05, 0.1) is 0 Å². The molecule has 0 aromatic heterocycles. The van der Waals surface area contributed by atoms with Gasteiger partial charge in [0.25, 0.3) is 0 Å². The van der Waals surface area contributed by atoms with E-state index in [1.54, 1.807) is 0 Å². The van der Waals surface area contributed by atoms with E-state index in [4.69, 9.17) is 0 Å². The van der Waals surface area contributed by atoms with Crippen LogP contribution in [-0.4, -0.2) is 11.6 Å². The molecule has 2 aliphatic carbocycles. The molecule has 0 atom stereocenters. The molecule has 0 N–H and O–H groups in total. The average Bonchev–Trinajstić information content (AvgIpc) is 2.76. The van der Waals surface area contributed by atoms with Crippen molar-refractivity contribution in [3.8, 4) is 0 Å². The Kier molecular flexibility index (Phi) is 8.20. The third kappa shape index (κ3) is 15.4. The minimum atomic E-state index is -6.17. The van der Waals surface area contributed by atoms with Gasteiger partial charge in [0.15, 0.2) is 0 Å². The molecule has 102 valence electrons. The molecule has 2 saturated carbocycles. The Bertz CT molecular complexity index is 211. The second-order valence-electron chi connectivity index (χ2n) is 3.84. The first-order valence-corrected chi connectivity index (χ1v) is 6.67. The van der Waals surface area contributed by atoms with E-state index in [1.807, 2.05) is 0 Å². The lowest BCUT2D eigenvalue weighted by molar-refractivity contribution is -0.118. The van der Waals surface area contributed by atoms with E-state index in [9.17, 15) is 25.1 Å². The topological polar surface area (TPSA) is 34.1 Å². The minimum Gasteiger partial charge on any atom is -0.300 e. The zero-order chi connectivity index (χ0) is 13.3. The number of ketones is 2. The molecule has 2 aliphatic rings. The second kappa shape index (κ2) is 8.49. The van der Waals surface area contributed by atoms with Gasteiger partial charge in [-0.05, 0) is 25.7 Å². The molecule has 0 saturated heterocycles. The molecule has 0 aromatic carbocycles. The largest absolute Gasteiger partial charge is 0.379 e. The predicted octanol–water partition coefficient (Wildman–Crippen LogP) is 4.59. The molecule has 7 heteroatoms. The van der Waals surface area contributed by atoms with Crippen molar-refractivity contribution in [3.05, 3.63) is 0 Å². The van der Waals surface area contributed by atoms with E-state index in [1.165, 1.54) is 0 Å². The van der Waals surface area contributed by atoms with Crippen LogP contribution in [0.1, 0.15) is 51.4 Å². The fourth-order valence-electron chi connectivity index (χ4n) is 1.54. The maximum absolute atomic E-state index is 10.2. The maximum Gasteiger partial charge on any atom is 0.379 e. The average molecular weight is 276 g/mol. The molecule has 0 unspecified atom stereocenters. The van der Waals surface area contributed by atoms with E-state index in [-0.39, 0.29) is 0 Å². The number of carbonyl (C=O) groups excluding carboxylic acids is 2. The van der Waals surface area contributed by atoms with Crippen LogP contribution in [0.2, 0.25) is 0 Å². The fraction of sp³-hybridized carbons (Fsp3) is 0.800. The van der Waals surface area contributed by atoms with Crippen LogP contribution in [0.25, 0.3) is 0 Å². The van der Waals surface area contributed by atoms with Gasteiger partial charge in [-0.25, -0.2) is 0 Å². The quantitative estimate of drug-likeness (QED) is 0.606. The molecular formula is C10H16F4O2S. The molecule has 2 nitrogen and oxygen atoms in total. The molecule has 2 fully saturated rings. The summed E-state index contributed by atoms with van der Waals surface area (Å²) >= 11 is -6.17. The molecule has 0 spiro atoms. The first-order chi connectivity index (χ1) is 7.79. The van der Waals surface area contributed by atoms with E-state index in [0.29, 0.717) is 11.6 Å². The summed E-state index contributed by atoms with van der Waals surface area (Å²) in [6, 6.07) is 0. The number of hydrogen-bond donors (Lipinski definition) is 0. The Morgan fingerprint density at radius 3 is 0.882 bits per heavy atom. The smallest absolute Gasteiger partial charge is 0.300 e. The van der Waals surface area contributed by atoms with Gasteiger partial charge in [-0.3, -0.25) is 9.59 Å². The molecule has 2 rings (SSSR count). The molecular weight excluding hydrogens is 260 g/mol.